The van der Waals surface area contributed by atoms with Gasteiger partial charge in [0.05, 0.1) is 0 Å². The highest BCUT2D eigenvalue weighted by Gasteiger charge is 2.14. The van der Waals surface area contributed by atoms with E-state index in [0.29, 0.717) is 0 Å². The Kier molecular flexibility index (Phi) is 3.28. The number of alkyl halides is 1. The molecule has 0 saturated carbocycles. The highest BCUT2D eigenvalue weighted by Crippen LogP contribution is 2.25. The number of hydrogen-bond donors (Lipinski definition) is 3. The summed E-state index contributed by atoms with van der Waals surface area (Å²) in [4.78, 5) is 11.2. The van der Waals surface area contributed by atoms with Gasteiger partial charge in [0, 0.05) is 6.54 Å². The third-order valence-electron chi connectivity index (χ3n) is 1.63. The minimum absolute atomic E-state index is 0.146. The average molecular weight is 199 g/mol. The van der Waals surface area contributed by atoms with Gasteiger partial charge in [-0.05, 0) is 12.1 Å². The highest BCUT2D eigenvalue weighted by molar-refractivity contribution is 5.99. The SMILES string of the molecule is O=C(NCCF)c1c(O)cccc1O. The Bertz CT molecular complexity index is 321. The number of carbonyl (C=O) groups excluding carboxylic acids is 1. The fraction of sp³-hybridized carbons (Fsp3) is 0.222. The van der Waals surface area contributed by atoms with Crippen LogP contribution >= 0.6 is 0 Å². The third kappa shape index (κ3) is 2.12. The molecule has 1 aromatic rings. The van der Waals surface area contributed by atoms with Gasteiger partial charge < -0.3 is 15.5 Å². The summed E-state index contributed by atoms with van der Waals surface area (Å²) < 4.78 is 11.7. The molecule has 0 aromatic heterocycles. The van der Waals surface area contributed by atoms with Crippen LogP contribution in [0.2, 0.25) is 0 Å². The van der Waals surface area contributed by atoms with E-state index in [9.17, 15) is 19.4 Å². The fourth-order valence-corrected chi connectivity index (χ4v) is 1.01. The summed E-state index contributed by atoms with van der Waals surface area (Å²) in [5.41, 5.74) is -0.235. The minimum Gasteiger partial charge on any atom is -0.507 e. The summed E-state index contributed by atoms with van der Waals surface area (Å²) in [6, 6.07) is 3.94. The number of benzene rings is 1. The molecule has 0 saturated heterocycles. The maximum Gasteiger partial charge on any atom is 0.258 e. The van der Waals surface area contributed by atoms with Gasteiger partial charge in [-0.3, -0.25) is 4.79 Å². The molecule has 0 atom stereocenters. The second-order valence-corrected chi connectivity index (χ2v) is 2.62. The highest BCUT2D eigenvalue weighted by atomic mass is 19.1. The predicted molar refractivity (Wildman–Crippen MR) is 48.1 cm³/mol. The fourth-order valence-electron chi connectivity index (χ4n) is 1.01. The molecule has 4 nitrogen and oxygen atoms in total. The first kappa shape index (κ1) is 10.3. The molecule has 5 heteroatoms. The first-order valence-electron chi connectivity index (χ1n) is 4.02. The second kappa shape index (κ2) is 4.45. The van der Waals surface area contributed by atoms with Gasteiger partial charge in [0.15, 0.2) is 0 Å². The lowest BCUT2D eigenvalue weighted by Gasteiger charge is -2.06. The average Bonchev–Trinajstić information content (AvgIpc) is 2.14. The number of rotatable bonds is 3. The number of phenols is 2. The largest absolute Gasteiger partial charge is 0.507 e. The van der Waals surface area contributed by atoms with E-state index < -0.39 is 12.6 Å². The molecule has 1 rings (SSSR count). The van der Waals surface area contributed by atoms with Crippen molar-refractivity contribution in [1.82, 2.24) is 5.32 Å². The third-order valence-corrected chi connectivity index (χ3v) is 1.63. The van der Waals surface area contributed by atoms with E-state index in [1.54, 1.807) is 0 Å². The Morgan fingerprint density at radius 3 is 2.43 bits per heavy atom. The Hall–Kier alpha value is -1.78. The van der Waals surface area contributed by atoms with Crippen LogP contribution in [0.5, 0.6) is 11.5 Å². The lowest BCUT2D eigenvalue weighted by molar-refractivity contribution is 0.0945. The second-order valence-electron chi connectivity index (χ2n) is 2.62. The van der Waals surface area contributed by atoms with Crippen molar-refractivity contribution in [2.45, 2.75) is 0 Å². The van der Waals surface area contributed by atoms with Crippen LogP contribution in [0.1, 0.15) is 10.4 Å². The van der Waals surface area contributed by atoms with E-state index >= 15 is 0 Å². The Balaban J connectivity index is 2.89. The number of aromatic hydroxyl groups is 2. The molecule has 0 aliphatic carbocycles. The maximum atomic E-state index is 11.7. The summed E-state index contributed by atoms with van der Waals surface area (Å²) in [5, 5.41) is 20.7. The molecule has 0 unspecified atom stereocenters. The number of carbonyl (C=O) groups is 1. The Morgan fingerprint density at radius 2 is 1.93 bits per heavy atom. The molecule has 0 aliphatic heterocycles. The number of amides is 1. The number of nitrogens with one attached hydrogen (secondary N) is 1. The topological polar surface area (TPSA) is 69.6 Å². The lowest BCUT2D eigenvalue weighted by atomic mass is 10.1. The number of hydrogen-bond acceptors (Lipinski definition) is 3. The van der Waals surface area contributed by atoms with Crippen LogP contribution < -0.4 is 5.32 Å². The van der Waals surface area contributed by atoms with E-state index in [0.717, 1.165) is 0 Å². The van der Waals surface area contributed by atoms with Gasteiger partial charge in [-0.15, -0.1) is 0 Å². The summed E-state index contributed by atoms with van der Waals surface area (Å²) in [5.74, 6) is -1.36. The molecule has 0 fully saturated rings. The van der Waals surface area contributed by atoms with Crippen molar-refractivity contribution in [3.05, 3.63) is 23.8 Å². The smallest absolute Gasteiger partial charge is 0.258 e. The summed E-state index contributed by atoms with van der Waals surface area (Å²) in [6.45, 7) is -0.841. The van der Waals surface area contributed by atoms with Gasteiger partial charge in [-0.2, -0.15) is 0 Å². The zero-order chi connectivity index (χ0) is 10.6. The molecule has 1 aromatic carbocycles. The monoisotopic (exact) mass is 199 g/mol. The van der Waals surface area contributed by atoms with Gasteiger partial charge in [-0.1, -0.05) is 6.07 Å². The van der Waals surface area contributed by atoms with Crippen LogP contribution in [0, 0.1) is 0 Å². The molecule has 1 amide bonds. The van der Waals surface area contributed by atoms with Crippen molar-refractivity contribution in [2.75, 3.05) is 13.2 Å². The maximum absolute atomic E-state index is 11.7. The normalized spacial score (nSPS) is 9.79. The molecule has 0 aliphatic rings. The van der Waals surface area contributed by atoms with Crippen molar-refractivity contribution < 1.29 is 19.4 Å². The quantitative estimate of drug-likeness (QED) is 0.674. The van der Waals surface area contributed by atoms with Gasteiger partial charge in [0.2, 0.25) is 0 Å². The van der Waals surface area contributed by atoms with Gasteiger partial charge >= 0.3 is 0 Å². The summed E-state index contributed by atoms with van der Waals surface area (Å²) >= 11 is 0. The van der Waals surface area contributed by atoms with Crippen LogP contribution in [0.3, 0.4) is 0 Å². The van der Waals surface area contributed by atoms with Crippen molar-refractivity contribution in [3.63, 3.8) is 0 Å². The predicted octanol–water partition coefficient (Wildman–Crippen LogP) is 0.797. The molecule has 0 heterocycles. The Labute approximate surface area is 80.0 Å². The lowest BCUT2D eigenvalue weighted by Crippen LogP contribution is -2.25. The molecule has 0 radical (unpaired) electrons. The van der Waals surface area contributed by atoms with E-state index in [2.05, 4.69) is 5.32 Å². The molecule has 14 heavy (non-hydrogen) atoms. The van der Waals surface area contributed by atoms with Crippen LogP contribution in [-0.4, -0.2) is 29.3 Å². The van der Waals surface area contributed by atoms with E-state index in [1.807, 2.05) is 0 Å². The molecule has 0 spiro atoms. The minimum atomic E-state index is -0.696. The molecule has 3 N–H and O–H groups in total. The van der Waals surface area contributed by atoms with Crippen LogP contribution in [-0.2, 0) is 0 Å². The van der Waals surface area contributed by atoms with Crippen molar-refractivity contribution >= 4 is 5.91 Å². The van der Waals surface area contributed by atoms with E-state index in [1.165, 1.54) is 18.2 Å². The van der Waals surface area contributed by atoms with Crippen LogP contribution in [0.4, 0.5) is 4.39 Å². The van der Waals surface area contributed by atoms with Gasteiger partial charge in [-0.25, -0.2) is 4.39 Å². The first-order valence-corrected chi connectivity index (χ1v) is 4.02. The van der Waals surface area contributed by atoms with Crippen LogP contribution in [0.25, 0.3) is 0 Å². The van der Waals surface area contributed by atoms with Crippen molar-refractivity contribution in [1.29, 1.82) is 0 Å². The molecule has 0 bridgehead atoms. The molecular formula is C9H10FNO3. The number of phenolic OH excluding ortho intramolecular Hbond substituents is 2. The first-order chi connectivity index (χ1) is 6.66. The molecular weight excluding hydrogens is 189 g/mol. The Morgan fingerprint density at radius 1 is 1.36 bits per heavy atom. The van der Waals surface area contributed by atoms with Gasteiger partial charge in [0.25, 0.3) is 5.91 Å². The van der Waals surface area contributed by atoms with Crippen LogP contribution in [0.15, 0.2) is 18.2 Å². The standard InChI is InChI=1S/C9H10FNO3/c10-4-5-11-9(14)8-6(12)2-1-3-7(8)13/h1-3,12-13H,4-5H2,(H,11,14). The number of halogens is 1. The van der Waals surface area contributed by atoms with Gasteiger partial charge in [0.1, 0.15) is 23.7 Å². The molecule has 76 valence electrons. The zero-order valence-corrected chi connectivity index (χ0v) is 7.33. The van der Waals surface area contributed by atoms with E-state index in [4.69, 9.17) is 0 Å². The zero-order valence-electron chi connectivity index (χ0n) is 7.33. The summed E-state index contributed by atoms with van der Waals surface area (Å²) in [6.07, 6.45) is 0. The summed E-state index contributed by atoms with van der Waals surface area (Å²) in [7, 11) is 0. The van der Waals surface area contributed by atoms with Crippen molar-refractivity contribution in [2.24, 2.45) is 0 Å². The van der Waals surface area contributed by atoms with E-state index in [-0.39, 0.29) is 23.6 Å². The van der Waals surface area contributed by atoms with Crippen molar-refractivity contribution in [3.8, 4) is 11.5 Å².